The van der Waals surface area contributed by atoms with Crippen molar-refractivity contribution in [3.8, 4) is 11.5 Å². The summed E-state index contributed by atoms with van der Waals surface area (Å²) < 4.78 is 11.0. The molecule has 3 N–H and O–H groups in total. The minimum absolute atomic E-state index is 0.132. The molecule has 0 spiro atoms. The maximum Gasteiger partial charge on any atom is 0.255 e. The van der Waals surface area contributed by atoms with E-state index in [1.807, 2.05) is 72.8 Å². The number of aliphatic hydroxyl groups is 1. The quantitative estimate of drug-likeness (QED) is 0.432. The molecule has 0 aliphatic rings. The van der Waals surface area contributed by atoms with Gasteiger partial charge in [-0.3, -0.25) is 9.69 Å². The van der Waals surface area contributed by atoms with Crippen molar-refractivity contribution in [1.29, 1.82) is 0 Å². The number of hydrogen-bond acceptors (Lipinski definition) is 5. The van der Waals surface area contributed by atoms with Crippen LogP contribution in [0.5, 0.6) is 11.5 Å². The lowest BCUT2D eigenvalue weighted by atomic mass is 10.1. The third-order valence-corrected chi connectivity index (χ3v) is 4.92. The van der Waals surface area contributed by atoms with E-state index in [0.29, 0.717) is 12.3 Å². The third-order valence-electron chi connectivity index (χ3n) is 4.92. The van der Waals surface area contributed by atoms with Crippen molar-refractivity contribution >= 4 is 5.91 Å². The van der Waals surface area contributed by atoms with Gasteiger partial charge in [0.15, 0.2) is 6.61 Å². The Balaban J connectivity index is 1.55. The fourth-order valence-corrected chi connectivity index (χ4v) is 3.33. The summed E-state index contributed by atoms with van der Waals surface area (Å²) in [5, 5.41) is 10.6. The summed E-state index contributed by atoms with van der Waals surface area (Å²) in [6.45, 7) is 2.12. The van der Waals surface area contributed by atoms with E-state index < -0.39 is 12.0 Å². The Morgan fingerprint density at radius 3 is 2.12 bits per heavy atom. The maximum atomic E-state index is 10.8. The molecule has 3 aromatic carbocycles. The van der Waals surface area contributed by atoms with E-state index in [-0.39, 0.29) is 13.2 Å². The van der Waals surface area contributed by atoms with Crippen molar-refractivity contribution in [3.63, 3.8) is 0 Å². The molecule has 32 heavy (non-hydrogen) atoms. The zero-order valence-electron chi connectivity index (χ0n) is 18.1. The second kappa shape index (κ2) is 12.5. The van der Waals surface area contributed by atoms with Crippen LogP contribution in [0.25, 0.3) is 0 Å². The summed E-state index contributed by atoms with van der Waals surface area (Å²) in [7, 11) is 0. The summed E-state index contributed by atoms with van der Waals surface area (Å²) in [5.74, 6) is 0.863. The van der Waals surface area contributed by atoms with Gasteiger partial charge in [-0.05, 0) is 41.8 Å². The highest BCUT2D eigenvalue weighted by molar-refractivity contribution is 5.75. The molecule has 1 unspecified atom stereocenters. The molecular formula is C26H30N2O4. The highest BCUT2D eigenvalue weighted by Gasteiger charge is 2.14. The molecule has 0 radical (unpaired) electrons. The van der Waals surface area contributed by atoms with Gasteiger partial charge in [0.25, 0.3) is 5.91 Å². The van der Waals surface area contributed by atoms with Crippen molar-refractivity contribution in [3.05, 3.63) is 96.1 Å². The molecule has 0 aromatic heterocycles. The van der Waals surface area contributed by atoms with Gasteiger partial charge in [0, 0.05) is 19.6 Å². The SMILES string of the molecule is NC(=O)COc1ccc(CCN(Cc2ccccc2)CC(O)COc2ccccc2)cc1. The predicted octanol–water partition coefficient (Wildman–Crippen LogP) is 3.04. The van der Waals surface area contributed by atoms with E-state index >= 15 is 0 Å². The third kappa shape index (κ3) is 8.41. The summed E-state index contributed by atoms with van der Waals surface area (Å²) in [4.78, 5) is 13.1. The van der Waals surface area contributed by atoms with Crippen LogP contribution in [-0.2, 0) is 17.8 Å². The Morgan fingerprint density at radius 1 is 0.844 bits per heavy atom. The molecule has 1 amide bonds. The van der Waals surface area contributed by atoms with Crippen LogP contribution in [0.15, 0.2) is 84.9 Å². The largest absolute Gasteiger partial charge is 0.491 e. The van der Waals surface area contributed by atoms with Gasteiger partial charge in [-0.15, -0.1) is 0 Å². The topological polar surface area (TPSA) is 85.0 Å². The van der Waals surface area contributed by atoms with Gasteiger partial charge in [0.1, 0.15) is 24.2 Å². The van der Waals surface area contributed by atoms with Crippen molar-refractivity contribution in [1.82, 2.24) is 4.90 Å². The first kappa shape index (κ1) is 23.3. The second-order valence-corrected chi connectivity index (χ2v) is 7.65. The summed E-state index contributed by atoms with van der Waals surface area (Å²) in [5.41, 5.74) is 7.45. The Hall–Kier alpha value is -3.35. The number of para-hydroxylation sites is 1. The smallest absolute Gasteiger partial charge is 0.255 e. The highest BCUT2D eigenvalue weighted by Crippen LogP contribution is 2.14. The molecule has 0 aliphatic carbocycles. The molecule has 1 atom stereocenters. The Labute approximate surface area is 189 Å². The van der Waals surface area contributed by atoms with Crippen LogP contribution < -0.4 is 15.2 Å². The number of carbonyl (C=O) groups excluding carboxylic acids is 1. The van der Waals surface area contributed by atoms with Gasteiger partial charge in [-0.1, -0.05) is 60.7 Å². The first-order valence-corrected chi connectivity index (χ1v) is 10.7. The lowest BCUT2D eigenvalue weighted by molar-refractivity contribution is -0.119. The van der Waals surface area contributed by atoms with Gasteiger partial charge in [-0.25, -0.2) is 0 Å². The minimum atomic E-state index is -0.608. The van der Waals surface area contributed by atoms with Crippen molar-refractivity contribution in [2.24, 2.45) is 5.73 Å². The van der Waals surface area contributed by atoms with Crippen molar-refractivity contribution < 1.29 is 19.4 Å². The van der Waals surface area contributed by atoms with Crippen LogP contribution in [0.2, 0.25) is 0 Å². The molecule has 168 valence electrons. The Bertz CT molecular complexity index is 933. The van der Waals surface area contributed by atoms with E-state index in [1.165, 1.54) is 5.56 Å². The van der Waals surface area contributed by atoms with Crippen molar-refractivity contribution in [2.45, 2.75) is 19.1 Å². The molecule has 0 bridgehead atoms. The number of rotatable bonds is 13. The molecule has 3 aromatic rings. The lowest BCUT2D eigenvalue weighted by Crippen LogP contribution is -2.36. The van der Waals surface area contributed by atoms with Crippen LogP contribution in [0, 0.1) is 0 Å². The van der Waals surface area contributed by atoms with E-state index in [1.54, 1.807) is 0 Å². The van der Waals surface area contributed by atoms with Crippen LogP contribution in [-0.4, -0.2) is 48.3 Å². The highest BCUT2D eigenvalue weighted by atomic mass is 16.5. The van der Waals surface area contributed by atoms with Crippen molar-refractivity contribution in [2.75, 3.05) is 26.3 Å². The Kier molecular flexibility index (Phi) is 9.10. The second-order valence-electron chi connectivity index (χ2n) is 7.65. The fraction of sp³-hybridized carbons (Fsp3) is 0.269. The zero-order chi connectivity index (χ0) is 22.6. The molecule has 0 saturated carbocycles. The number of amides is 1. The van der Waals surface area contributed by atoms with Gasteiger partial charge < -0.3 is 20.3 Å². The molecule has 0 fully saturated rings. The van der Waals surface area contributed by atoms with Crippen LogP contribution in [0.1, 0.15) is 11.1 Å². The Morgan fingerprint density at radius 2 is 1.47 bits per heavy atom. The molecule has 0 aliphatic heterocycles. The maximum absolute atomic E-state index is 10.8. The van der Waals surface area contributed by atoms with Gasteiger partial charge in [-0.2, -0.15) is 0 Å². The molecular weight excluding hydrogens is 404 g/mol. The number of carbonyl (C=O) groups is 1. The van der Waals surface area contributed by atoms with Crippen LogP contribution >= 0.6 is 0 Å². The summed E-state index contributed by atoms with van der Waals surface area (Å²) >= 11 is 0. The van der Waals surface area contributed by atoms with Crippen LogP contribution in [0.4, 0.5) is 0 Å². The minimum Gasteiger partial charge on any atom is -0.491 e. The predicted molar refractivity (Wildman–Crippen MR) is 124 cm³/mol. The molecule has 0 heterocycles. The molecule has 3 rings (SSSR count). The number of ether oxygens (including phenoxy) is 2. The first-order valence-electron chi connectivity index (χ1n) is 10.7. The van der Waals surface area contributed by atoms with Gasteiger partial charge >= 0.3 is 0 Å². The number of benzene rings is 3. The zero-order valence-corrected chi connectivity index (χ0v) is 18.1. The van der Waals surface area contributed by atoms with E-state index in [4.69, 9.17) is 15.2 Å². The van der Waals surface area contributed by atoms with Gasteiger partial charge in [0.2, 0.25) is 0 Å². The normalized spacial score (nSPS) is 11.8. The lowest BCUT2D eigenvalue weighted by Gasteiger charge is -2.25. The van der Waals surface area contributed by atoms with Gasteiger partial charge in [0.05, 0.1) is 0 Å². The first-order chi connectivity index (χ1) is 15.6. The number of nitrogens with two attached hydrogens (primary N) is 1. The van der Waals surface area contributed by atoms with Crippen LogP contribution in [0.3, 0.4) is 0 Å². The number of primary amides is 1. The molecule has 0 saturated heterocycles. The number of nitrogens with zero attached hydrogens (tertiary/aromatic N) is 1. The number of aliphatic hydroxyl groups excluding tert-OH is 1. The fourth-order valence-electron chi connectivity index (χ4n) is 3.33. The summed E-state index contributed by atoms with van der Waals surface area (Å²) in [6, 6.07) is 27.4. The average molecular weight is 435 g/mol. The average Bonchev–Trinajstić information content (AvgIpc) is 2.82. The van der Waals surface area contributed by atoms with E-state index in [2.05, 4.69) is 17.0 Å². The molecule has 6 nitrogen and oxygen atoms in total. The van der Waals surface area contributed by atoms with E-state index in [0.717, 1.165) is 30.8 Å². The standard InChI is InChI=1S/C26H30N2O4/c27-26(30)20-32-25-13-11-21(12-14-25)15-16-28(17-22-7-3-1-4-8-22)18-23(29)19-31-24-9-5-2-6-10-24/h1-14,23,29H,15-20H2,(H2,27,30). The molecule has 6 heteroatoms. The number of hydrogen-bond donors (Lipinski definition) is 2. The van der Waals surface area contributed by atoms with E-state index in [9.17, 15) is 9.90 Å². The monoisotopic (exact) mass is 434 g/mol. The summed E-state index contributed by atoms with van der Waals surface area (Å²) in [6.07, 6.45) is 0.207.